The average molecular weight is 265 g/mol. The van der Waals surface area contributed by atoms with Crippen LogP contribution < -0.4 is 10.9 Å². The Morgan fingerprint density at radius 1 is 1.37 bits per heavy atom. The molecule has 0 spiro atoms. The number of aliphatic hydroxyl groups is 1. The Morgan fingerprint density at radius 2 is 2.05 bits per heavy atom. The summed E-state index contributed by atoms with van der Waals surface area (Å²) in [6.07, 6.45) is 2.86. The van der Waals surface area contributed by atoms with Crippen molar-refractivity contribution in [3.05, 3.63) is 27.2 Å². The third-order valence-electron chi connectivity index (χ3n) is 3.74. The molecule has 1 aromatic heterocycles. The van der Waals surface area contributed by atoms with Crippen molar-refractivity contribution in [1.82, 2.24) is 15.5 Å². The number of amides is 1. The molecule has 2 atom stereocenters. The zero-order chi connectivity index (χ0) is 14.0. The van der Waals surface area contributed by atoms with Gasteiger partial charge < -0.3 is 10.4 Å². The summed E-state index contributed by atoms with van der Waals surface area (Å²) in [7, 11) is 0. The van der Waals surface area contributed by atoms with E-state index in [1.165, 1.54) is 0 Å². The predicted octanol–water partition coefficient (Wildman–Crippen LogP) is 0.420. The van der Waals surface area contributed by atoms with Crippen molar-refractivity contribution >= 4 is 5.91 Å². The molecule has 1 saturated carbocycles. The van der Waals surface area contributed by atoms with E-state index in [1.54, 1.807) is 13.8 Å². The number of rotatable bonds is 2. The van der Waals surface area contributed by atoms with Crippen molar-refractivity contribution in [2.45, 2.75) is 51.7 Å². The van der Waals surface area contributed by atoms with Gasteiger partial charge in [-0.3, -0.25) is 9.59 Å². The van der Waals surface area contributed by atoms with Crippen LogP contribution in [0.5, 0.6) is 0 Å². The van der Waals surface area contributed by atoms with Gasteiger partial charge in [-0.2, -0.15) is 5.10 Å². The second kappa shape index (κ2) is 5.52. The van der Waals surface area contributed by atoms with E-state index in [0.717, 1.165) is 19.3 Å². The summed E-state index contributed by atoms with van der Waals surface area (Å²) in [5, 5.41) is 18.7. The summed E-state index contributed by atoms with van der Waals surface area (Å²) in [4.78, 5) is 23.9. The van der Waals surface area contributed by atoms with Gasteiger partial charge in [0.05, 0.1) is 17.8 Å². The molecule has 6 heteroatoms. The molecular formula is C13H19N3O3. The average Bonchev–Trinajstić information content (AvgIpc) is 2.37. The van der Waals surface area contributed by atoms with Crippen LogP contribution in [0, 0.1) is 13.8 Å². The minimum Gasteiger partial charge on any atom is -0.391 e. The molecule has 19 heavy (non-hydrogen) atoms. The Morgan fingerprint density at radius 3 is 2.74 bits per heavy atom. The van der Waals surface area contributed by atoms with E-state index in [-0.39, 0.29) is 11.6 Å². The minimum atomic E-state index is -0.528. The number of nitrogens with zero attached hydrogens (tertiary/aromatic N) is 1. The molecule has 1 amide bonds. The van der Waals surface area contributed by atoms with Crippen molar-refractivity contribution in [3.63, 3.8) is 0 Å². The molecular weight excluding hydrogens is 246 g/mol. The van der Waals surface area contributed by atoms with Crippen LogP contribution >= 0.6 is 0 Å². The molecule has 2 rings (SSSR count). The van der Waals surface area contributed by atoms with Crippen LogP contribution in [0.15, 0.2) is 4.79 Å². The number of hydrogen-bond acceptors (Lipinski definition) is 4. The summed E-state index contributed by atoms with van der Waals surface area (Å²) >= 11 is 0. The van der Waals surface area contributed by atoms with E-state index in [0.29, 0.717) is 17.7 Å². The fourth-order valence-electron chi connectivity index (χ4n) is 2.42. The van der Waals surface area contributed by atoms with Crippen molar-refractivity contribution < 1.29 is 9.90 Å². The van der Waals surface area contributed by atoms with E-state index in [9.17, 15) is 14.7 Å². The number of aromatic nitrogens is 2. The Kier molecular flexibility index (Phi) is 3.99. The SMILES string of the molecule is Cc1n[nH]c(=O)c(C(=O)N[C@@H]2CCCC[C@H]2O)c1C. The number of nitrogens with one attached hydrogen (secondary N) is 2. The molecule has 3 N–H and O–H groups in total. The lowest BCUT2D eigenvalue weighted by molar-refractivity contribution is 0.0715. The van der Waals surface area contributed by atoms with Gasteiger partial charge in [-0.15, -0.1) is 0 Å². The van der Waals surface area contributed by atoms with Gasteiger partial charge in [0, 0.05) is 0 Å². The molecule has 6 nitrogen and oxygen atoms in total. The highest BCUT2D eigenvalue weighted by Crippen LogP contribution is 2.18. The first-order valence-electron chi connectivity index (χ1n) is 6.55. The molecule has 1 aliphatic rings. The van der Waals surface area contributed by atoms with Gasteiger partial charge in [-0.1, -0.05) is 12.8 Å². The maximum atomic E-state index is 12.2. The zero-order valence-corrected chi connectivity index (χ0v) is 11.2. The first kappa shape index (κ1) is 13.7. The summed E-state index contributed by atoms with van der Waals surface area (Å²) in [6.45, 7) is 3.43. The number of carbonyl (C=O) groups is 1. The molecule has 0 radical (unpaired) electrons. The topological polar surface area (TPSA) is 95.1 Å². The number of aryl methyl sites for hydroxylation is 1. The van der Waals surface area contributed by atoms with Gasteiger partial charge in [0.2, 0.25) is 0 Å². The van der Waals surface area contributed by atoms with Crippen LogP contribution in [-0.2, 0) is 0 Å². The second-order valence-corrected chi connectivity index (χ2v) is 5.07. The summed E-state index contributed by atoms with van der Waals surface area (Å²) < 4.78 is 0. The van der Waals surface area contributed by atoms with Crippen molar-refractivity contribution in [1.29, 1.82) is 0 Å². The molecule has 1 heterocycles. The molecule has 104 valence electrons. The maximum absolute atomic E-state index is 12.2. The van der Waals surface area contributed by atoms with Crippen LogP contribution in [0.25, 0.3) is 0 Å². The third kappa shape index (κ3) is 2.84. The standard InChI is InChI=1S/C13H19N3O3/c1-7-8(2)15-16-13(19)11(7)12(18)14-9-5-3-4-6-10(9)17/h9-10,17H,3-6H2,1-2H3,(H,14,18)(H,16,19)/t9-,10-/m1/s1. The first-order valence-corrected chi connectivity index (χ1v) is 6.55. The molecule has 1 aliphatic carbocycles. The van der Waals surface area contributed by atoms with Gasteiger partial charge in [0.15, 0.2) is 0 Å². The fraction of sp³-hybridized carbons (Fsp3) is 0.615. The molecule has 0 aliphatic heterocycles. The molecule has 0 unspecified atom stereocenters. The normalized spacial score (nSPS) is 23.1. The first-order chi connectivity index (χ1) is 9.00. The fourth-order valence-corrected chi connectivity index (χ4v) is 2.42. The van der Waals surface area contributed by atoms with E-state index < -0.39 is 17.6 Å². The van der Waals surface area contributed by atoms with Crippen LogP contribution in [0.4, 0.5) is 0 Å². The quantitative estimate of drug-likeness (QED) is 0.722. The maximum Gasteiger partial charge on any atom is 0.277 e. The Bertz CT molecular complexity index is 538. The lowest BCUT2D eigenvalue weighted by atomic mass is 9.92. The highest BCUT2D eigenvalue weighted by atomic mass is 16.3. The van der Waals surface area contributed by atoms with Crippen LogP contribution in [-0.4, -0.2) is 33.4 Å². The minimum absolute atomic E-state index is 0.0882. The predicted molar refractivity (Wildman–Crippen MR) is 70.1 cm³/mol. The molecule has 0 bridgehead atoms. The van der Waals surface area contributed by atoms with Crippen LogP contribution in [0.1, 0.15) is 47.3 Å². The van der Waals surface area contributed by atoms with Gasteiger partial charge in [-0.25, -0.2) is 5.10 Å². The second-order valence-electron chi connectivity index (χ2n) is 5.07. The lowest BCUT2D eigenvalue weighted by Crippen LogP contribution is -2.46. The van der Waals surface area contributed by atoms with Gasteiger partial charge in [-0.05, 0) is 32.3 Å². The number of aromatic amines is 1. The molecule has 0 aromatic carbocycles. The van der Waals surface area contributed by atoms with Gasteiger partial charge in [0.25, 0.3) is 11.5 Å². The smallest absolute Gasteiger partial charge is 0.277 e. The van der Waals surface area contributed by atoms with Gasteiger partial charge >= 0.3 is 0 Å². The summed E-state index contributed by atoms with van der Waals surface area (Å²) in [5.41, 5.74) is 0.789. The molecule has 1 aromatic rings. The Labute approximate surface area is 111 Å². The van der Waals surface area contributed by atoms with Crippen LogP contribution in [0.3, 0.4) is 0 Å². The lowest BCUT2D eigenvalue weighted by Gasteiger charge is -2.28. The monoisotopic (exact) mass is 265 g/mol. The highest BCUT2D eigenvalue weighted by Gasteiger charge is 2.26. The van der Waals surface area contributed by atoms with Crippen molar-refractivity contribution in [2.24, 2.45) is 0 Å². The highest BCUT2D eigenvalue weighted by molar-refractivity contribution is 5.95. The number of carbonyl (C=O) groups excluding carboxylic acids is 1. The summed E-state index contributed by atoms with van der Waals surface area (Å²) in [6, 6.07) is -0.270. The van der Waals surface area contributed by atoms with Crippen molar-refractivity contribution in [2.75, 3.05) is 0 Å². The van der Waals surface area contributed by atoms with Gasteiger partial charge in [0.1, 0.15) is 5.56 Å². The van der Waals surface area contributed by atoms with Crippen LogP contribution in [0.2, 0.25) is 0 Å². The van der Waals surface area contributed by atoms with E-state index in [2.05, 4.69) is 15.5 Å². The van der Waals surface area contributed by atoms with E-state index >= 15 is 0 Å². The largest absolute Gasteiger partial charge is 0.391 e. The number of H-pyrrole nitrogens is 1. The Balaban J connectivity index is 2.21. The Hall–Kier alpha value is -1.69. The molecule has 1 fully saturated rings. The third-order valence-corrected chi connectivity index (χ3v) is 3.74. The summed E-state index contributed by atoms with van der Waals surface area (Å²) in [5.74, 6) is -0.435. The van der Waals surface area contributed by atoms with E-state index in [1.807, 2.05) is 0 Å². The van der Waals surface area contributed by atoms with E-state index in [4.69, 9.17) is 0 Å². The number of aliphatic hydroxyl groups excluding tert-OH is 1. The van der Waals surface area contributed by atoms with Crippen molar-refractivity contribution in [3.8, 4) is 0 Å². The molecule has 0 saturated heterocycles. The zero-order valence-electron chi connectivity index (χ0n) is 11.2. The number of hydrogen-bond donors (Lipinski definition) is 3.